The first-order valence-electron chi connectivity index (χ1n) is 5.70. The van der Waals surface area contributed by atoms with Crippen LogP contribution in [0.1, 0.15) is 12.5 Å². The van der Waals surface area contributed by atoms with Gasteiger partial charge in [0.15, 0.2) is 0 Å². The van der Waals surface area contributed by atoms with Crippen molar-refractivity contribution in [2.45, 2.75) is 19.6 Å². The van der Waals surface area contributed by atoms with Gasteiger partial charge in [0.25, 0.3) is 0 Å². The molecule has 108 valence electrons. The van der Waals surface area contributed by atoms with Gasteiger partial charge in [-0.25, -0.2) is 0 Å². The molecule has 0 fully saturated rings. The summed E-state index contributed by atoms with van der Waals surface area (Å²) in [4.78, 5) is 22.0. The fourth-order valence-electron chi connectivity index (χ4n) is 1.38. The highest BCUT2D eigenvalue weighted by Crippen LogP contribution is 2.15. The highest BCUT2D eigenvalue weighted by molar-refractivity contribution is 5.99. The molecule has 0 saturated carbocycles. The molecule has 0 bridgehead atoms. The van der Waals surface area contributed by atoms with E-state index in [-0.39, 0.29) is 12.5 Å². The molecule has 1 aromatic carbocycles. The number of hydrogen-bond donors (Lipinski definition) is 2. The molecule has 0 unspecified atom stereocenters. The van der Waals surface area contributed by atoms with Gasteiger partial charge in [0.05, 0.1) is 0 Å². The van der Waals surface area contributed by atoms with E-state index in [2.05, 4.69) is 5.32 Å². The van der Waals surface area contributed by atoms with Crippen molar-refractivity contribution in [2.75, 3.05) is 5.32 Å². The Morgan fingerprint density at radius 1 is 1.30 bits per heavy atom. The summed E-state index contributed by atoms with van der Waals surface area (Å²) in [5, 5.41) is 4.29. The standard InChI is InChI=1S/C13H13F3N2O2/c1-2-4-11(19)18-10-6-3-5-9(7-10)8-17-12(20)13(14,15)16/h2-7H,8H2,1H3,(H,17,20)(H,18,19)/b4-2+. The molecular weight excluding hydrogens is 273 g/mol. The maximum absolute atomic E-state index is 12.0. The van der Waals surface area contributed by atoms with E-state index in [1.165, 1.54) is 12.1 Å². The van der Waals surface area contributed by atoms with Gasteiger partial charge in [0.1, 0.15) is 0 Å². The molecule has 2 N–H and O–H groups in total. The third kappa shape index (κ3) is 5.13. The molecule has 0 saturated heterocycles. The molecule has 7 heteroatoms. The maximum Gasteiger partial charge on any atom is 0.471 e. The van der Waals surface area contributed by atoms with Crippen molar-refractivity contribution >= 4 is 17.5 Å². The minimum absolute atomic E-state index is 0.272. The Hall–Kier alpha value is -2.31. The van der Waals surface area contributed by atoms with Gasteiger partial charge in [-0.2, -0.15) is 13.2 Å². The highest BCUT2D eigenvalue weighted by Gasteiger charge is 2.38. The highest BCUT2D eigenvalue weighted by atomic mass is 19.4. The van der Waals surface area contributed by atoms with Gasteiger partial charge >= 0.3 is 12.1 Å². The zero-order valence-electron chi connectivity index (χ0n) is 10.6. The summed E-state index contributed by atoms with van der Waals surface area (Å²) in [7, 11) is 0. The van der Waals surface area contributed by atoms with Crippen molar-refractivity contribution in [3.63, 3.8) is 0 Å². The molecule has 1 rings (SSSR count). The molecule has 0 radical (unpaired) electrons. The van der Waals surface area contributed by atoms with E-state index >= 15 is 0 Å². The number of hydrogen-bond acceptors (Lipinski definition) is 2. The number of anilines is 1. The number of amides is 2. The van der Waals surface area contributed by atoms with Crippen LogP contribution in [0.2, 0.25) is 0 Å². The second-order valence-corrected chi connectivity index (χ2v) is 3.87. The second kappa shape index (κ2) is 6.74. The first kappa shape index (κ1) is 15.7. The molecule has 0 spiro atoms. The average molecular weight is 286 g/mol. The van der Waals surface area contributed by atoms with Crippen LogP contribution in [0.25, 0.3) is 0 Å². The van der Waals surface area contributed by atoms with Crippen LogP contribution in [0.3, 0.4) is 0 Å². The predicted octanol–water partition coefficient (Wildman–Crippen LogP) is 2.38. The lowest BCUT2D eigenvalue weighted by Gasteiger charge is -2.09. The molecule has 2 amide bonds. The Bertz CT molecular complexity index is 525. The lowest BCUT2D eigenvalue weighted by molar-refractivity contribution is -0.173. The Morgan fingerprint density at radius 3 is 2.60 bits per heavy atom. The second-order valence-electron chi connectivity index (χ2n) is 3.87. The monoisotopic (exact) mass is 286 g/mol. The Morgan fingerprint density at radius 2 is 2.00 bits per heavy atom. The summed E-state index contributed by atoms with van der Waals surface area (Å²) in [6, 6.07) is 6.19. The molecule has 0 atom stereocenters. The minimum atomic E-state index is -4.91. The van der Waals surface area contributed by atoms with Crippen LogP contribution in [0.15, 0.2) is 36.4 Å². The fourth-order valence-corrected chi connectivity index (χ4v) is 1.38. The van der Waals surface area contributed by atoms with Crippen LogP contribution in [0.4, 0.5) is 18.9 Å². The Labute approximate surface area is 113 Å². The van der Waals surface area contributed by atoms with Crippen LogP contribution in [0, 0.1) is 0 Å². The minimum Gasteiger partial charge on any atom is -0.344 e. The number of alkyl halides is 3. The Kier molecular flexibility index (Phi) is 5.31. The molecule has 20 heavy (non-hydrogen) atoms. The molecule has 0 aromatic heterocycles. The number of benzene rings is 1. The van der Waals surface area contributed by atoms with Crippen LogP contribution in [-0.4, -0.2) is 18.0 Å². The normalized spacial score (nSPS) is 11.4. The quantitative estimate of drug-likeness (QED) is 0.835. The SMILES string of the molecule is C/C=C/C(=O)Nc1cccc(CNC(=O)C(F)(F)F)c1. The molecule has 0 aliphatic rings. The van der Waals surface area contributed by atoms with E-state index in [1.807, 2.05) is 0 Å². The number of halogens is 3. The largest absolute Gasteiger partial charge is 0.471 e. The number of allylic oxidation sites excluding steroid dienone is 1. The maximum atomic E-state index is 12.0. The number of nitrogens with one attached hydrogen (secondary N) is 2. The van der Waals surface area contributed by atoms with E-state index in [0.29, 0.717) is 11.3 Å². The first-order chi connectivity index (χ1) is 9.32. The van der Waals surface area contributed by atoms with Crippen LogP contribution < -0.4 is 10.6 Å². The summed E-state index contributed by atoms with van der Waals surface area (Å²) in [6.07, 6.45) is -2.03. The van der Waals surface area contributed by atoms with E-state index < -0.39 is 12.1 Å². The summed E-state index contributed by atoms with van der Waals surface area (Å²) in [5.41, 5.74) is 0.882. The van der Waals surface area contributed by atoms with Crippen molar-refractivity contribution in [2.24, 2.45) is 0 Å². The Balaban J connectivity index is 2.65. The van der Waals surface area contributed by atoms with Crippen molar-refractivity contribution < 1.29 is 22.8 Å². The fraction of sp³-hybridized carbons (Fsp3) is 0.231. The lowest BCUT2D eigenvalue weighted by Crippen LogP contribution is -2.36. The van der Waals surface area contributed by atoms with Crippen LogP contribution in [-0.2, 0) is 16.1 Å². The molecular formula is C13H13F3N2O2. The number of carbonyl (C=O) groups is 2. The van der Waals surface area contributed by atoms with Gasteiger partial charge in [-0.15, -0.1) is 0 Å². The van der Waals surface area contributed by atoms with E-state index in [0.717, 1.165) is 0 Å². The van der Waals surface area contributed by atoms with Gasteiger partial charge < -0.3 is 10.6 Å². The number of rotatable bonds is 4. The van der Waals surface area contributed by atoms with Gasteiger partial charge in [-0.3, -0.25) is 9.59 Å². The summed E-state index contributed by atoms with van der Waals surface area (Å²) < 4.78 is 36.0. The zero-order valence-corrected chi connectivity index (χ0v) is 10.6. The number of carbonyl (C=O) groups excluding carboxylic acids is 2. The molecule has 0 heterocycles. The van der Waals surface area contributed by atoms with Crippen molar-refractivity contribution in [1.82, 2.24) is 5.32 Å². The molecule has 0 aliphatic heterocycles. The molecule has 0 aliphatic carbocycles. The molecule has 4 nitrogen and oxygen atoms in total. The summed E-state index contributed by atoms with van der Waals surface area (Å²) >= 11 is 0. The van der Waals surface area contributed by atoms with Crippen LogP contribution in [0.5, 0.6) is 0 Å². The lowest BCUT2D eigenvalue weighted by atomic mass is 10.2. The smallest absolute Gasteiger partial charge is 0.344 e. The van der Waals surface area contributed by atoms with Crippen LogP contribution >= 0.6 is 0 Å². The topological polar surface area (TPSA) is 58.2 Å². The molecule has 1 aromatic rings. The predicted molar refractivity (Wildman–Crippen MR) is 67.8 cm³/mol. The van der Waals surface area contributed by atoms with Gasteiger partial charge in [0.2, 0.25) is 5.91 Å². The third-order valence-electron chi connectivity index (χ3n) is 2.22. The zero-order chi connectivity index (χ0) is 15.2. The van der Waals surface area contributed by atoms with E-state index in [1.54, 1.807) is 36.5 Å². The van der Waals surface area contributed by atoms with Crippen molar-refractivity contribution in [3.05, 3.63) is 42.0 Å². The summed E-state index contributed by atoms with van der Waals surface area (Å²) in [6.45, 7) is 1.41. The van der Waals surface area contributed by atoms with Gasteiger partial charge in [-0.1, -0.05) is 18.2 Å². The first-order valence-corrected chi connectivity index (χ1v) is 5.70. The third-order valence-corrected chi connectivity index (χ3v) is 2.22. The van der Waals surface area contributed by atoms with E-state index in [4.69, 9.17) is 0 Å². The van der Waals surface area contributed by atoms with Crippen molar-refractivity contribution in [3.8, 4) is 0 Å². The van der Waals surface area contributed by atoms with Gasteiger partial charge in [0, 0.05) is 12.2 Å². The van der Waals surface area contributed by atoms with Crippen molar-refractivity contribution in [1.29, 1.82) is 0 Å². The van der Waals surface area contributed by atoms with E-state index in [9.17, 15) is 22.8 Å². The van der Waals surface area contributed by atoms with Gasteiger partial charge in [-0.05, 0) is 30.7 Å². The summed E-state index contributed by atoms with van der Waals surface area (Å²) in [5.74, 6) is -2.34. The average Bonchev–Trinajstić information content (AvgIpc) is 2.35.